The van der Waals surface area contributed by atoms with E-state index >= 15 is 0 Å². The van der Waals surface area contributed by atoms with E-state index in [2.05, 4.69) is 6.58 Å². The third-order valence-electron chi connectivity index (χ3n) is 4.37. The molecule has 0 spiro atoms. The molecule has 0 amide bonds. The maximum Gasteiger partial charge on any atom is 0.348 e. The number of hydrogen-bond acceptors (Lipinski definition) is 6. The third kappa shape index (κ3) is 5.58. The van der Waals surface area contributed by atoms with Crippen molar-refractivity contribution in [3.8, 4) is 0 Å². The first kappa shape index (κ1) is 21.2. The first-order valence-electron chi connectivity index (χ1n) is 8.54. The van der Waals surface area contributed by atoms with Crippen molar-refractivity contribution < 1.29 is 28.6 Å². The number of carbonyl (C=O) groups excluding carboxylic acids is 3. The van der Waals surface area contributed by atoms with E-state index < -0.39 is 40.6 Å². The fourth-order valence-corrected chi connectivity index (χ4v) is 2.84. The summed E-state index contributed by atoms with van der Waals surface area (Å²) in [5.74, 6) is -1.53. The quantitative estimate of drug-likeness (QED) is 0.396. The lowest BCUT2D eigenvalue weighted by Gasteiger charge is -2.35. The van der Waals surface area contributed by atoms with Gasteiger partial charge in [-0.05, 0) is 48.0 Å². The van der Waals surface area contributed by atoms with Gasteiger partial charge >= 0.3 is 17.9 Å². The van der Waals surface area contributed by atoms with Crippen LogP contribution in [-0.4, -0.2) is 35.2 Å². The van der Waals surface area contributed by atoms with Crippen LogP contribution in [0.5, 0.6) is 0 Å². The highest BCUT2D eigenvalue weighted by atomic mass is 16.6. The zero-order valence-corrected chi connectivity index (χ0v) is 16.4. The van der Waals surface area contributed by atoms with Gasteiger partial charge in [-0.2, -0.15) is 0 Å². The molecule has 1 saturated heterocycles. The molecule has 0 aromatic rings. The molecule has 1 aliphatic heterocycles. The molecule has 1 aliphatic rings. The van der Waals surface area contributed by atoms with Crippen LogP contribution in [-0.2, 0) is 28.6 Å². The lowest BCUT2D eigenvalue weighted by Crippen LogP contribution is -2.41. The van der Waals surface area contributed by atoms with Crippen LogP contribution >= 0.6 is 0 Å². The van der Waals surface area contributed by atoms with E-state index in [-0.39, 0.29) is 6.42 Å². The van der Waals surface area contributed by atoms with Crippen molar-refractivity contribution in [2.75, 3.05) is 0 Å². The number of cyclic esters (lactones) is 1. The van der Waals surface area contributed by atoms with Crippen LogP contribution in [0.2, 0.25) is 0 Å². The molecule has 0 aliphatic carbocycles. The Hall–Kier alpha value is -1.85. The van der Waals surface area contributed by atoms with E-state index in [4.69, 9.17) is 14.2 Å². The molecular weight excluding hydrogens is 324 g/mol. The van der Waals surface area contributed by atoms with Gasteiger partial charge in [-0.1, -0.05) is 13.5 Å². The Bertz CT molecular complexity index is 574. The summed E-state index contributed by atoms with van der Waals surface area (Å²) >= 11 is 0. The predicted molar refractivity (Wildman–Crippen MR) is 92.7 cm³/mol. The molecule has 25 heavy (non-hydrogen) atoms. The van der Waals surface area contributed by atoms with Crippen LogP contribution in [0.25, 0.3) is 0 Å². The molecule has 0 aromatic heterocycles. The van der Waals surface area contributed by atoms with Crippen LogP contribution in [0.1, 0.15) is 67.7 Å². The molecule has 0 radical (unpaired) electrons. The summed E-state index contributed by atoms with van der Waals surface area (Å²) in [6, 6.07) is 0. The van der Waals surface area contributed by atoms with Crippen LogP contribution in [0.3, 0.4) is 0 Å². The normalized spacial score (nSPS) is 21.9. The standard InChI is InChI=1S/C19H30O6/c1-9-19(8,25-14(20)12(2)3)11-17(4,5)16(22)23-13-10-18(6,7)24-15(13)21/h13H,2,9-11H2,1,3-8H3. The zero-order valence-electron chi connectivity index (χ0n) is 16.4. The van der Waals surface area contributed by atoms with Crippen molar-refractivity contribution in [3.63, 3.8) is 0 Å². The first-order chi connectivity index (χ1) is 11.2. The molecule has 0 aromatic carbocycles. The van der Waals surface area contributed by atoms with Crippen LogP contribution in [0.15, 0.2) is 12.2 Å². The van der Waals surface area contributed by atoms with Gasteiger partial charge in [0, 0.05) is 18.4 Å². The maximum atomic E-state index is 12.6. The van der Waals surface area contributed by atoms with Crippen LogP contribution in [0, 0.1) is 5.41 Å². The summed E-state index contributed by atoms with van der Waals surface area (Å²) < 4.78 is 16.1. The predicted octanol–water partition coefficient (Wildman–Crippen LogP) is 3.33. The second kappa shape index (κ2) is 7.18. The summed E-state index contributed by atoms with van der Waals surface area (Å²) in [5.41, 5.74) is -2.11. The molecule has 142 valence electrons. The van der Waals surface area contributed by atoms with Crippen molar-refractivity contribution in [2.45, 2.75) is 85.0 Å². The van der Waals surface area contributed by atoms with Gasteiger partial charge in [0.25, 0.3) is 0 Å². The summed E-state index contributed by atoms with van der Waals surface area (Å²) in [4.78, 5) is 36.3. The van der Waals surface area contributed by atoms with E-state index in [1.165, 1.54) is 0 Å². The molecule has 6 nitrogen and oxygen atoms in total. The van der Waals surface area contributed by atoms with Gasteiger partial charge in [0.2, 0.25) is 6.10 Å². The topological polar surface area (TPSA) is 78.9 Å². The molecule has 0 saturated carbocycles. The summed E-state index contributed by atoms with van der Waals surface area (Å²) in [7, 11) is 0. The van der Waals surface area contributed by atoms with E-state index in [1.54, 1.807) is 41.5 Å². The largest absolute Gasteiger partial charge is 0.457 e. The number of rotatable bonds is 7. The van der Waals surface area contributed by atoms with Crippen molar-refractivity contribution in [3.05, 3.63) is 12.2 Å². The molecular formula is C19H30O6. The Morgan fingerprint density at radius 3 is 2.28 bits per heavy atom. The molecule has 6 heteroatoms. The minimum atomic E-state index is -0.937. The number of ether oxygens (including phenoxy) is 3. The van der Waals surface area contributed by atoms with Gasteiger partial charge in [0.15, 0.2) is 0 Å². The second-order valence-electron chi connectivity index (χ2n) is 8.31. The summed E-state index contributed by atoms with van der Waals surface area (Å²) in [6.07, 6.45) is 0.219. The van der Waals surface area contributed by atoms with Gasteiger partial charge < -0.3 is 14.2 Å². The molecule has 2 unspecified atom stereocenters. The van der Waals surface area contributed by atoms with E-state index in [0.717, 1.165) is 0 Å². The average molecular weight is 354 g/mol. The number of hydrogen-bond donors (Lipinski definition) is 0. The summed E-state index contributed by atoms with van der Waals surface area (Å²) in [6.45, 7) is 15.8. The zero-order chi connectivity index (χ0) is 19.6. The van der Waals surface area contributed by atoms with Crippen LogP contribution in [0.4, 0.5) is 0 Å². The molecule has 1 heterocycles. The second-order valence-corrected chi connectivity index (χ2v) is 8.31. The molecule has 0 bridgehead atoms. The Balaban J connectivity index is 2.81. The van der Waals surface area contributed by atoms with E-state index in [1.807, 2.05) is 6.92 Å². The van der Waals surface area contributed by atoms with Crippen LogP contribution < -0.4 is 0 Å². The SMILES string of the molecule is C=C(C)C(=O)OC(C)(CC)CC(C)(C)C(=O)OC1CC(C)(C)OC1=O. The van der Waals surface area contributed by atoms with Crippen molar-refractivity contribution in [1.82, 2.24) is 0 Å². The summed E-state index contributed by atoms with van der Waals surface area (Å²) in [5, 5.41) is 0. The minimum Gasteiger partial charge on any atom is -0.457 e. The molecule has 0 N–H and O–H groups in total. The first-order valence-corrected chi connectivity index (χ1v) is 8.54. The molecule has 1 fully saturated rings. The lowest BCUT2D eigenvalue weighted by atomic mass is 9.79. The van der Waals surface area contributed by atoms with Crippen molar-refractivity contribution >= 4 is 17.9 Å². The van der Waals surface area contributed by atoms with Gasteiger partial charge in [-0.15, -0.1) is 0 Å². The Morgan fingerprint density at radius 2 is 1.88 bits per heavy atom. The van der Waals surface area contributed by atoms with Gasteiger partial charge in [0.05, 0.1) is 5.41 Å². The lowest BCUT2D eigenvalue weighted by molar-refractivity contribution is -0.173. The molecule has 2 atom stereocenters. The van der Waals surface area contributed by atoms with Gasteiger partial charge in [-0.3, -0.25) is 4.79 Å². The Labute approximate surface area is 149 Å². The average Bonchev–Trinajstić information content (AvgIpc) is 2.70. The van der Waals surface area contributed by atoms with Gasteiger partial charge in [0.1, 0.15) is 11.2 Å². The van der Waals surface area contributed by atoms with Crippen molar-refractivity contribution in [2.24, 2.45) is 5.41 Å². The maximum absolute atomic E-state index is 12.6. The van der Waals surface area contributed by atoms with Crippen molar-refractivity contribution in [1.29, 1.82) is 0 Å². The van der Waals surface area contributed by atoms with E-state index in [0.29, 0.717) is 18.4 Å². The highest BCUT2D eigenvalue weighted by molar-refractivity contribution is 5.87. The third-order valence-corrected chi connectivity index (χ3v) is 4.37. The highest BCUT2D eigenvalue weighted by Gasteiger charge is 2.46. The highest BCUT2D eigenvalue weighted by Crippen LogP contribution is 2.36. The smallest absolute Gasteiger partial charge is 0.348 e. The number of carbonyl (C=O) groups is 3. The fraction of sp³-hybridized carbons (Fsp3) is 0.737. The fourth-order valence-electron chi connectivity index (χ4n) is 2.84. The minimum absolute atomic E-state index is 0.263. The molecule has 1 rings (SSSR count). The van der Waals surface area contributed by atoms with Gasteiger partial charge in [-0.25, -0.2) is 9.59 Å². The number of esters is 3. The monoisotopic (exact) mass is 354 g/mol. The van der Waals surface area contributed by atoms with E-state index in [9.17, 15) is 14.4 Å². The Kier molecular flexibility index (Phi) is 6.09. The Morgan fingerprint density at radius 1 is 1.32 bits per heavy atom.